The zero-order valence-corrected chi connectivity index (χ0v) is 20.7. The molecule has 0 aliphatic rings. The summed E-state index contributed by atoms with van der Waals surface area (Å²) in [7, 11) is -8.65. The van der Waals surface area contributed by atoms with E-state index in [0.29, 0.717) is 28.7 Å². The number of thiol groups is 1. The van der Waals surface area contributed by atoms with Crippen LogP contribution in [0.25, 0.3) is 0 Å². The molecule has 0 atom stereocenters. The van der Waals surface area contributed by atoms with Crippen LogP contribution in [0.3, 0.4) is 0 Å². The molecule has 1 aromatic heterocycles. The van der Waals surface area contributed by atoms with Crippen LogP contribution < -0.4 is 16.0 Å². The van der Waals surface area contributed by atoms with E-state index >= 15 is 0 Å². The first-order valence-electron chi connectivity index (χ1n) is 10.1. The summed E-state index contributed by atoms with van der Waals surface area (Å²) in [5, 5.41) is 9.16. The van der Waals surface area contributed by atoms with Gasteiger partial charge in [0.25, 0.3) is 20.2 Å². The summed E-state index contributed by atoms with van der Waals surface area (Å²) in [5.41, 5.74) is 1.69. The first-order valence-corrected chi connectivity index (χ1v) is 13.4. The predicted molar refractivity (Wildman–Crippen MR) is 138 cm³/mol. The van der Waals surface area contributed by atoms with E-state index in [4.69, 9.17) is 9.11 Å². The smallest absolute Gasteiger partial charge is 0.294 e. The van der Waals surface area contributed by atoms with Gasteiger partial charge >= 0.3 is 0 Å². The highest BCUT2D eigenvalue weighted by atomic mass is 32.2. The van der Waals surface area contributed by atoms with Crippen molar-refractivity contribution in [3.8, 4) is 0 Å². The molecule has 4 rings (SSSR count). The average molecular weight is 546 g/mol. The molecule has 0 amide bonds. The molecule has 0 aliphatic heterocycles. The fraction of sp³-hybridized carbons (Fsp3) is 0. The number of benzene rings is 3. The van der Waals surface area contributed by atoms with E-state index in [-0.39, 0.29) is 15.7 Å². The lowest BCUT2D eigenvalue weighted by Gasteiger charge is -2.13. The van der Waals surface area contributed by atoms with E-state index in [1.165, 1.54) is 48.5 Å². The minimum absolute atomic E-state index is 0.221. The maximum Gasteiger partial charge on any atom is 0.294 e. The highest BCUT2D eigenvalue weighted by molar-refractivity contribution is 7.86. The van der Waals surface area contributed by atoms with Crippen molar-refractivity contribution in [2.75, 3.05) is 16.0 Å². The Balaban J connectivity index is 1.64. The van der Waals surface area contributed by atoms with Crippen LogP contribution in [0.4, 0.5) is 34.6 Å². The van der Waals surface area contributed by atoms with Crippen LogP contribution >= 0.6 is 12.6 Å². The molecule has 4 aromatic rings. The molecule has 186 valence electrons. The number of aromatic nitrogens is 2. The van der Waals surface area contributed by atoms with Crippen molar-refractivity contribution < 1.29 is 25.9 Å². The van der Waals surface area contributed by atoms with E-state index in [2.05, 4.69) is 38.5 Å². The van der Waals surface area contributed by atoms with Crippen molar-refractivity contribution in [2.45, 2.75) is 14.7 Å². The van der Waals surface area contributed by atoms with E-state index in [1.807, 2.05) is 0 Å². The average Bonchev–Trinajstić information content (AvgIpc) is 2.80. The number of hydrogen-bond acceptors (Lipinski definition) is 10. The first kappa shape index (κ1) is 25.4. The van der Waals surface area contributed by atoms with Crippen LogP contribution in [0.2, 0.25) is 0 Å². The van der Waals surface area contributed by atoms with Crippen molar-refractivity contribution >= 4 is 67.5 Å². The van der Waals surface area contributed by atoms with Crippen molar-refractivity contribution in [3.05, 3.63) is 78.9 Å². The SMILES string of the molecule is O=S(=O)(O)c1ccc(Nc2cc(Nc3ccc(S(=O)(=O)O)cc3)nc(Nc3ccc(S)cc3)n2)cc1. The van der Waals surface area contributed by atoms with Gasteiger partial charge in [-0.15, -0.1) is 12.6 Å². The van der Waals surface area contributed by atoms with Gasteiger partial charge in [0.2, 0.25) is 5.95 Å². The van der Waals surface area contributed by atoms with Crippen LogP contribution in [-0.4, -0.2) is 35.9 Å². The summed E-state index contributed by atoms with van der Waals surface area (Å²) >= 11 is 4.27. The quantitative estimate of drug-likeness (QED) is 0.136. The van der Waals surface area contributed by atoms with Crippen LogP contribution in [0.1, 0.15) is 0 Å². The summed E-state index contributed by atoms with van der Waals surface area (Å²) in [5.74, 6) is 0.906. The molecule has 0 saturated heterocycles. The van der Waals surface area contributed by atoms with Crippen LogP contribution in [0.5, 0.6) is 0 Å². The topological polar surface area (TPSA) is 171 Å². The molecule has 11 nitrogen and oxygen atoms in total. The van der Waals surface area contributed by atoms with Crippen molar-refractivity contribution in [2.24, 2.45) is 0 Å². The van der Waals surface area contributed by atoms with Gasteiger partial charge in [0.05, 0.1) is 9.79 Å². The normalized spacial score (nSPS) is 11.6. The number of rotatable bonds is 8. The molecular weight excluding hydrogens is 526 g/mol. The summed E-state index contributed by atoms with van der Waals surface area (Å²) in [4.78, 5) is 9.15. The number of anilines is 6. The molecule has 0 aliphatic carbocycles. The fourth-order valence-electron chi connectivity index (χ4n) is 3.02. The molecule has 0 unspecified atom stereocenters. The predicted octanol–water partition coefficient (Wildman–Crippen LogP) is 4.49. The second-order valence-electron chi connectivity index (χ2n) is 7.38. The lowest BCUT2D eigenvalue weighted by molar-refractivity contribution is 0.481. The molecule has 0 bridgehead atoms. The summed E-state index contributed by atoms with van der Waals surface area (Å²) < 4.78 is 63.5. The summed E-state index contributed by atoms with van der Waals surface area (Å²) in [6.45, 7) is 0. The Morgan fingerprint density at radius 3 is 1.33 bits per heavy atom. The van der Waals surface area contributed by atoms with Crippen LogP contribution in [0, 0.1) is 0 Å². The Morgan fingerprint density at radius 2 is 0.944 bits per heavy atom. The number of nitrogens with one attached hydrogen (secondary N) is 3. The maximum absolute atomic E-state index is 11.3. The molecule has 0 saturated carbocycles. The Bertz CT molecular complexity index is 1500. The highest BCUT2D eigenvalue weighted by Crippen LogP contribution is 2.25. The van der Waals surface area contributed by atoms with Gasteiger partial charge in [-0.05, 0) is 72.8 Å². The van der Waals surface area contributed by atoms with E-state index in [1.54, 1.807) is 30.3 Å². The largest absolute Gasteiger partial charge is 0.340 e. The van der Waals surface area contributed by atoms with Gasteiger partial charge in [0.15, 0.2) is 0 Å². The van der Waals surface area contributed by atoms with Crippen LogP contribution in [0.15, 0.2) is 93.5 Å². The lowest BCUT2D eigenvalue weighted by atomic mass is 10.3. The third kappa shape index (κ3) is 6.71. The minimum Gasteiger partial charge on any atom is -0.340 e. The standard InChI is InChI=1S/C22H19N5O6S3/c28-35(29,30)18-9-3-14(4-10-18)23-20-13-21(24-15-5-11-19(12-6-15)36(31,32)33)27-22(26-20)25-16-1-7-17(34)8-2-16/h1-13,34H,(H,28,29,30)(H,31,32,33)(H3,23,24,25,26,27). The van der Waals surface area contributed by atoms with Gasteiger partial charge in [-0.25, -0.2) is 0 Å². The monoisotopic (exact) mass is 545 g/mol. The maximum atomic E-state index is 11.3. The second kappa shape index (κ2) is 10.1. The van der Waals surface area contributed by atoms with Gasteiger partial charge in [0.1, 0.15) is 11.6 Å². The second-order valence-corrected chi connectivity index (χ2v) is 10.7. The van der Waals surface area contributed by atoms with Crippen molar-refractivity contribution in [1.29, 1.82) is 0 Å². The Hall–Kier alpha value is -3.69. The summed E-state index contributed by atoms with van der Waals surface area (Å²) in [6, 6.07) is 19.6. The van der Waals surface area contributed by atoms with E-state index in [9.17, 15) is 16.8 Å². The minimum atomic E-state index is -4.32. The van der Waals surface area contributed by atoms with Gasteiger partial charge in [-0.3, -0.25) is 9.11 Å². The van der Waals surface area contributed by atoms with Gasteiger partial charge in [-0.2, -0.15) is 26.8 Å². The number of hydrogen-bond donors (Lipinski definition) is 6. The lowest BCUT2D eigenvalue weighted by Crippen LogP contribution is -2.05. The van der Waals surface area contributed by atoms with E-state index < -0.39 is 20.2 Å². The fourth-order valence-corrected chi connectivity index (χ4v) is 4.13. The molecule has 1 heterocycles. The number of nitrogens with zero attached hydrogens (tertiary/aromatic N) is 2. The highest BCUT2D eigenvalue weighted by Gasteiger charge is 2.12. The molecule has 3 aromatic carbocycles. The third-order valence-electron chi connectivity index (χ3n) is 4.70. The molecule has 0 radical (unpaired) electrons. The van der Waals surface area contributed by atoms with Gasteiger partial charge in [0, 0.05) is 28.0 Å². The van der Waals surface area contributed by atoms with Crippen molar-refractivity contribution in [3.63, 3.8) is 0 Å². The molecule has 0 spiro atoms. The Kier molecular flexibility index (Phi) is 7.14. The molecule has 14 heteroatoms. The van der Waals surface area contributed by atoms with Crippen molar-refractivity contribution in [1.82, 2.24) is 9.97 Å². The van der Waals surface area contributed by atoms with Gasteiger partial charge in [-0.1, -0.05) is 0 Å². The zero-order valence-electron chi connectivity index (χ0n) is 18.2. The first-order chi connectivity index (χ1) is 17.0. The summed E-state index contributed by atoms with van der Waals surface area (Å²) in [6.07, 6.45) is 0. The third-order valence-corrected chi connectivity index (χ3v) is 6.73. The molecule has 0 fully saturated rings. The van der Waals surface area contributed by atoms with Gasteiger partial charge < -0.3 is 16.0 Å². The molecule has 36 heavy (non-hydrogen) atoms. The van der Waals surface area contributed by atoms with Crippen LogP contribution in [-0.2, 0) is 20.2 Å². The molecular formula is C22H19N5O6S3. The Labute approximate surface area is 212 Å². The van der Waals surface area contributed by atoms with E-state index in [0.717, 1.165) is 4.90 Å². The molecule has 5 N–H and O–H groups in total. The Morgan fingerprint density at radius 1 is 0.583 bits per heavy atom. The zero-order chi connectivity index (χ0) is 25.9.